The van der Waals surface area contributed by atoms with E-state index in [-0.39, 0.29) is 6.04 Å². The van der Waals surface area contributed by atoms with Crippen LogP contribution in [0.2, 0.25) is 0 Å². The van der Waals surface area contributed by atoms with Crippen molar-refractivity contribution in [3.63, 3.8) is 0 Å². The minimum atomic E-state index is 0.0244. The minimum absolute atomic E-state index is 0.0244. The Labute approximate surface area is 96.1 Å². The van der Waals surface area contributed by atoms with Crippen molar-refractivity contribution in [2.45, 2.75) is 58.4 Å². The second-order valence-corrected chi connectivity index (χ2v) is 5.08. The molecule has 86 valence electrons. The van der Waals surface area contributed by atoms with E-state index in [1.807, 2.05) is 6.92 Å². The number of hydrogen-bond acceptors (Lipinski definition) is 4. The maximum absolute atomic E-state index is 5.73. The molecule has 1 heterocycles. The van der Waals surface area contributed by atoms with E-state index in [1.165, 1.54) is 32.1 Å². The highest BCUT2D eigenvalue weighted by Gasteiger charge is 2.07. The Kier molecular flexibility index (Phi) is 5.79. The molecule has 0 aliphatic heterocycles. The maximum atomic E-state index is 5.73. The van der Waals surface area contributed by atoms with Gasteiger partial charge in [-0.1, -0.05) is 43.9 Å². The fourth-order valence-corrected chi connectivity index (χ4v) is 2.27. The Balaban J connectivity index is 2.20. The zero-order valence-corrected chi connectivity index (χ0v) is 10.5. The van der Waals surface area contributed by atoms with Crippen LogP contribution in [0.5, 0.6) is 0 Å². The molecule has 0 fully saturated rings. The van der Waals surface area contributed by atoms with Crippen LogP contribution in [0.25, 0.3) is 0 Å². The standard InChI is InChI=1S/C11H21N3S/c1-3-4-5-6-7-8-10-13-14-11(15-10)9(2)12/h9H,3-8,12H2,1-2H3. The first-order valence-corrected chi connectivity index (χ1v) is 6.63. The van der Waals surface area contributed by atoms with Gasteiger partial charge in [-0.2, -0.15) is 0 Å². The maximum Gasteiger partial charge on any atom is 0.133 e. The molecule has 4 heteroatoms. The van der Waals surface area contributed by atoms with Gasteiger partial charge in [-0.3, -0.25) is 0 Å². The molecule has 1 rings (SSSR count). The molecular weight excluding hydrogens is 206 g/mol. The quantitative estimate of drug-likeness (QED) is 0.728. The largest absolute Gasteiger partial charge is 0.322 e. The van der Waals surface area contributed by atoms with E-state index in [9.17, 15) is 0 Å². The van der Waals surface area contributed by atoms with Gasteiger partial charge in [-0.25, -0.2) is 0 Å². The molecule has 0 aliphatic rings. The van der Waals surface area contributed by atoms with Crippen LogP contribution in [0.1, 0.15) is 62.0 Å². The molecule has 2 N–H and O–H groups in total. The number of unbranched alkanes of at least 4 members (excludes halogenated alkanes) is 4. The Morgan fingerprint density at radius 1 is 1.20 bits per heavy atom. The van der Waals surface area contributed by atoms with E-state index >= 15 is 0 Å². The molecule has 0 bridgehead atoms. The predicted octanol–water partition coefficient (Wildman–Crippen LogP) is 3.07. The summed E-state index contributed by atoms with van der Waals surface area (Å²) in [5, 5.41) is 10.3. The molecule has 3 nitrogen and oxygen atoms in total. The molecule has 0 amide bonds. The van der Waals surface area contributed by atoms with Crippen molar-refractivity contribution in [1.29, 1.82) is 0 Å². The summed E-state index contributed by atoms with van der Waals surface area (Å²) in [5.41, 5.74) is 5.73. The van der Waals surface area contributed by atoms with E-state index in [1.54, 1.807) is 11.3 Å². The van der Waals surface area contributed by atoms with Gasteiger partial charge in [0, 0.05) is 6.42 Å². The van der Waals surface area contributed by atoms with Crippen molar-refractivity contribution in [3.8, 4) is 0 Å². The van der Waals surface area contributed by atoms with Gasteiger partial charge in [0.2, 0.25) is 0 Å². The van der Waals surface area contributed by atoms with E-state index in [0.29, 0.717) is 0 Å². The first-order chi connectivity index (χ1) is 7.24. The van der Waals surface area contributed by atoms with Crippen LogP contribution in [-0.2, 0) is 6.42 Å². The van der Waals surface area contributed by atoms with Crippen LogP contribution in [-0.4, -0.2) is 10.2 Å². The smallest absolute Gasteiger partial charge is 0.133 e. The highest BCUT2D eigenvalue weighted by Crippen LogP contribution is 2.17. The van der Waals surface area contributed by atoms with Crippen LogP contribution in [0.15, 0.2) is 0 Å². The third-order valence-electron chi connectivity index (χ3n) is 2.37. The molecule has 1 aromatic heterocycles. The second kappa shape index (κ2) is 6.90. The van der Waals surface area contributed by atoms with Crippen LogP contribution >= 0.6 is 11.3 Å². The summed E-state index contributed by atoms with van der Waals surface area (Å²) in [7, 11) is 0. The highest BCUT2D eigenvalue weighted by molar-refractivity contribution is 7.11. The van der Waals surface area contributed by atoms with Crippen LogP contribution < -0.4 is 5.73 Å². The third kappa shape index (κ3) is 4.71. The van der Waals surface area contributed by atoms with Gasteiger partial charge < -0.3 is 5.73 Å². The van der Waals surface area contributed by atoms with Crippen molar-refractivity contribution in [2.24, 2.45) is 5.73 Å². The molecule has 15 heavy (non-hydrogen) atoms. The summed E-state index contributed by atoms with van der Waals surface area (Å²) in [6.07, 6.45) is 7.59. The van der Waals surface area contributed by atoms with E-state index in [2.05, 4.69) is 17.1 Å². The molecule has 0 saturated carbocycles. The molecule has 0 aliphatic carbocycles. The monoisotopic (exact) mass is 227 g/mol. The van der Waals surface area contributed by atoms with Gasteiger partial charge in [0.1, 0.15) is 10.0 Å². The number of aryl methyl sites for hydroxylation is 1. The topological polar surface area (TPSA) is 51.8 Å². The SMILES string of the molecule is CCCCCCCc1nnc(C(C)N)s1. The molecule has 0 spiro atoms. The molecule has 1 atom stereocenters. The lowest BCUT2D eigenvalue weighted by Gasteiger charge is -1.97. The Bertz CT molecular complexity index is 271. The fraction of sp³-hybridized carbons (Fsp3) is 0.818. The average Bonchev–Trinajstić information content (AvgIpc) is 2.66. The van der Waals surface area contributed by atoms with Crippen molar-refractivity contribution in [2.75, 3.05) is 0 Å². The normalized spacial score (nSPS) is 13.0. The van der Waals surface area contributed by atoms with Gasteiger partial charge in [-0.15, -0.1) is 10.2 Å². The summed E-state index contributed by atoms with van der Waals surface area (Å²) in [4.78, 5) is 0. The molecule has 0 saturated heterocycles. The van der Waals surface area contributed by atoms with E-state index < -0.39 is 0 Å². The van der Waals surface area contributed by atoms with Crippen LogP contribution in [0.3, 0.4) is 0 Å². The number of rotatable bonds is 7. The van der Waals surface area contributed by atoms with Crippen LogP contribution in [0.4, 0.5) is 0 Å². The van der Waals surface area contributed by atoms with Crippen molar-refractivity contribution in [1.82, 2.24) is 10.2 Å². The Morgan fingerprint density at radius 3 is 2.53 bits per heavy atom. The van der Waals surface area contributed by atoms with Crippen molar-refractivity contribution in [3.05, 3.63) is 10.0 Å². The third-order valence-corrected chi connectivity index (χ3v) is 3.55. The summed E-state index contributed by atoms with van der Waals surface area (Å²) in [5.74, 6) is 0. The number of nitrogens with two attached hydrogens (primary N) is 1. The highest BCUT2D eigenvalue weighted by atomic mass is 32.1. The fourth-order valence-electron chi connectivity index (χ4n) is 1.43. The summed E-state index contributed by atoms with van der Waals surface area (Å²) in [6.45, 7) is 4.19. The van der Waals surface area contributed by atoms with Crippen molar-refractivity contribution < 1.29 is 0 Å². The number of aromatic nitrogens is 2. The summed E-state index contributed by atoms with van der Waals surface area (Å²) in [6, 6.07) is 0.0244. The zero-order chi connectivity index (χ0) is 11.1. The van der Waals surface area contributed by atoms with Crippen molar-refractivity contribution >= 4 is 11.3 Å². The van der Waals surface area contributed by atoms with Crippen LogP contribution in [0, 0.1) is 0 Å². The molecule has 1 aromatic rings. The first kappa shape index (κ1) is 12.6. The summed E-state index contributed by atoms with van der Waals surface area (Å²) < 4.78 is 0. The number of hydrogen-bond donors (Lipinski definition) is 1. The molecular formula is C11H21N3S. The lowest BCUT2D eigenvalue weighted by Crippen LogP contribution is -2.03. The number of nitrogens with zero attached hydrogens (tertiary/aromatic N) is 2. The van der Waals surface area contributed by atoms with Gasteiger partial charge in [-0.05, 0) is 13.3 Å². The Morgan fingerprint density at radius 2 is 1.93 bits per heavy atom. The lowest BCUT2D eigenvalue weighted by atomic mass is 10.1. The first-order valence-electron chi connectivity index (χ1n) is 5.82. The summed E-state index contributed by atoms with van der Waals surface area (Å²) >= 11 is 1.66. The predicted molar refractivity (Wildman–Crippen MR) is 65.0 cm³/mol. The lowest BCUT2D eigenvalue weighted by molar-refractivity contribution is 0.629. The zero-order valence-electron chi connectivity index (χ0n) is 9.70. The minimum Gasteiger partial charge on any atom is -0.322 e. The average molecular weight is 227 g/mol. The van der Waals surface area contributed by atoms with E-state index in [0.717, 1.165) is 16.4 Å². The van der Waals surface area contributed by atoms with E-state index in [4.69, 9.17) is 5.73 Å². The van der Waals surface area contributed by atoms with Gasteiger partial charge >= 0.3 is 0 Å². The van der Waals surface area contributed by atoms with Gasteiger partial charge in [0.25, 0.3) is 0 Å². The molecule has 0 radical (unpaired) electrons. The van der Waals surface area contributed by atoms with Gasteiger partial charge in [0.15, 0.2) is 0 Å². The molecule has 0 aromatic carbocycles. The van der Waals surface area contributed by atoms with Gasteiger partial charge in [0.05, 0.1) is 6.04 Å². The Hall–Kier alpha value is -0.480. The molecule has 1 unspecified atom stereocenters. The second-order valence-electron chi connectivity index (χ2n) is 3.99.